The highest BCUT2D eigenvalue weighted by Crippen LogP contribution is 2.37. The Bertz CT molecular complexity index is 2530. The third-order valence-corrected chi connectivity index (χ3v) is 9.23. The number of imidazole rings is 1. The van der Waals surface area contributed by atoms with Gasteiger partial charge in [-0.15, -0.1) is 0 Å². The highest BCUT2D eigenvalue weighted by molar-refractivity contribution is 6.12. The molecule has 3 aromatic heterocycles. The summed E-state index contributed by atoms with van der Waals surface area (Å²) in [7, 11) is 0. The molecule has 0 aliphatic rings. The average molecular weight is 564 g/mol. The molecular weight excluding hydrogens is 534 g/mol. The van der Waals surface area contributed by atoms with Crippen LogP contribution >= 0.6 is 0 Å². The average Bonchev–Trinajstić information content (AvgIpc) is 3.66. The van der Waals surface area contributed by atoms with Gasteiger partial charge in [-0.3, -0.25) is 4.40 Å². The first-order chi connectivity index (χ1) is 21.7. The van der Waals surface area contributed by atoms with Crippen molar-refractivity contribution < 1.29 is 0 Å². The van der Waals surface area contributed by atoms with E-state index in [0.717, 1.165) is 11.3 Å². The van der Waals surface area contributed by atoms with Gasteiger partial charge < -0.3 is 4.57 Å². The number of nitrogens with zero attached hydrogens (tertiary/aromatic N) is 3. The molecule has 0 bridgehead atoms. The van der Waals surface area contributed by atoms with Gasteiger partial charge in [-0.2, -0.15) is 0 Å². The molecule has 0 saturated carbocycles. The Labute approximate surface area is 255 Å². The minimum atomic E-state index is 0.993. The van der Waals surface area contributed by atoms with E-state index in [1.807, 2.05) is 6.20 Å². The molecule has 208 valence electrons. The first-order valence-corrected chi connectivity index (χ1v) is 15.1. The summed E-state index contributed by atoms with van der Waals surface area (Å²) in [5, 5.41) is 6.21. The Balaban J connectivity index is 1.17. The van der Waals surface area contributed by atoms with Gasteiger partial charge in [0.15, 0.2) is 0 Å². The third kappa shape index (κ3) is 3.53. The van der Waals surface area contributed by atoms with Crippen molar-refractivity contribution >= 4 is 49.1 Å². The molecule has 3 nitrogen and oxygen atoms in total. The van der Waals surface area contributed by atoms with Crippen LogP contribution in [0.25, 0.3) is 77.2 Å². The SMILES string of the molecule is Cc1cc(-c2cnc3c4ccccc4c4ccccc4n23)ccc1-c1ccc(-n2c3ccccc3c3ccccc32)cc1C. The van der Waals surface area contributed by atoms with Gasteiger partial charge in [0.05, 0.1) is 28.4 Å². The lowest BCUT2D eigenvalue weighted by Gasteiger charge is -2.15. The van der Waals surface area contributed by atoms with Crippen LogP contribution in [0.4, 0.5) is 0 Å². The summed E-state index contributed by atoms with van der Waals surface area (Å²) >= 11 is 0. The molecule has 3 heteroatoms. The zero-order valence-electron chi connectivity index (χ0n) is 24.6. The van der Waals surface area contributed by atoms with Gasteiger partial charge >= 0.3 is 0 Å². The van der Waals surface area contributed by atoms with E-state index >= 15 is 0 Å². The standard InChI is InChI=1S/C41H29N3/c1-26-23-28(40-25-42-41-36-15-4-3-11-32(36)33-12-5-10-18-39(33)44(40)41)19-21-30(26)31-22-20-29(24-27(31)2)43-37-16-8-6-13-34(37)35-14-7-9-17-38(35)43/h3-25H,1-2H3. The molecule has 0 aliphatic heterocycles. The van der Waals surface area contributed by atoms with Gasteiger partial charge in [-0.25, -0.2) is 4.98 Å². The van der Waals surface area contributed by atoms with Crippen LogP contribution in [0.5, 0.6) is 0 Å². The van der Waals surface area contributed by atoms with Gasteiger partial charge in [0.25, 0.3) is 0 Å². The van der Waals surface area contributed by atoms with Gasteiger partial charge in [-0.05, 0) is 77.9 Å². The molecule has 0 unspecified atom stereocenters. The summed E-state index contributed by atoms with van der Waals surface area (Å²) in [6.45, 7) is 4.44. The van der Waals surface area contributed by atoms with E-state index in [2.05, 4.69) is 156 Å². The van der Waals surface area contributed by atoms with Crippen molar-refractivity contribution in [2.75, 3.05) is 0 Å². The first kappa shape index (κ1) is 24.9. The van der Waals surface area contributed by atoms with E-state index in [1.54, 1.807) is 0 Å². The molecule has 0 N–H and O–H groups in total. The van der Waals surface area contributed by atoms with Gasteiger partial charge in [0.1, 0.15) is 5.65 Å². The Morgan fingerprint density at radius 1 is 0.477 bits per heavy atom. The monoisotopic (exact) mass is 563 g/mol. The minimum Gasteiger partial charge on any atom is -0.309 e. The summed E-state index contributed by atoms with van der Waals surface area (Å²) in [5.41, 5.74) is 13.1. The van der Waals surface area contributed by atoms with Crippen LogP contribution in [-0.2, 0) is 0 Å². The first-order valence-electron chi connectivity index (χ1n) is 15.1. The molecule has 0 aliphatic carbocycles. The molecule has 0 atom stereocenters. The zero-order valence-corrected chi connectivity index (χ0v) is 24.6. The fraction of sp³-hybridized carbons (Fsp3) is 0.0488. The van der Waals surface area contributed by atoms with Gasteiger partial charge in [0.2, 0.25) is 0 Å². The lowest BCUT2D eigenvalue weighted by atomic mass is 9.94. The van der Waals surface area contributed by atoms with Gasteiger partial charge in [-0.1, -0.05) is 97.1 Å². The van der Waals surface area contributed by atoms with Crippen molar-refractivity contribution in [2.45, 2.75) is 13.8 Å². The highest BCUT2D eigenvalue weighted by atomic mass is 15.0. The second-order valence-corrected chi connectivity index (χ2v) is 11.8. The Hall–Kier alpha value is -5.67. The van der Waals surface area contributed by atoms with E-state index in [1.165, 1.54) is 77.0 Å². The normalized spacial score (nSPS) is 11.9. The molecule has 0 radical (unpaired) electrons. The second kappa shape index (κ2) is 9.42. The fourth-order valence-corrected chi connectivity index (χ4v) is 7.21. The predicted molar refractivity (Wildman–Crippen MR) is 185 cm³/mol. The number of aryl methyl sites for hydroxylation is 2. The molecule has 3 heterocycles. The molecule has 0 saturated heterocycles. The third-order valence-electron chi connectivity index (χ3n) is 9.23. The minimum absolute atomic E-state index is 0.993. The highest BCUT2D eigenvalue weighted by Gasteiger charge is 2.16. The van der Waals surface area contributed by atoms with E-state index in [9.17, 15) is 0 Å². The molecule has 9 aromatic rings. The number of benzene rings is 6. The van der Waals surface area contributed by atoms with Crippen LogP contribution in [0.15, 0.2) is 140 Å². The predicted octanol–water partition coefficient (Wildman–Crippen LogP) is 10.7. The smallest absolute Gasteiger partial charge is 0.145 e. The van der Waals surface area contributed by atoms with Crippen LogP contribution in [0.3, 0.4) is 0 Å². The Kier molecular flexibility index (Phi) is 5.33. The quantitative estimate of drug-likeness (QED) is 0.196. The maximum atomic E-state index is 4.94. The fourth-order valence-electron chi connectivity index (χ4n) is 7.21. The molecule has 6 aromatic carbocycles. The number of fused-ring (bicyclic) bond motifs is 9. The Morgan fingerprint density at radius 3 is 1.64 bits per heavy atom. The Morgan fingerprint density at radius 2 is 1.00 bits per heavy atom. The van der Waals surface area contributed by atoms with Crippen LogP contribution in [0.2, 0.25) is 0 Å². The van der Waals surface area contributed by atoms with E-state index in [4.69, 9.17) is 4.98 Å². The van der Waals surface area contributed by atoms with Crippen LogP contribution in [0, 0.1) is 13.8 Å². The molecule has 0 amide bonds. The second-order valence-electron chi connectivity index (χ2n) is 11.8. The maximum absolute atomic E-state index is 4.94. The molecule has 44 heavy (non-hydrogen) atoms. The number of pyridine rings is 1. The topological polar surface area (TPSA) is 22.2 Å². The van der Waals surface area contributed by atoms with Crippen molar-refractivity contribution in [3.8, 4) is 28.1 Å². The summed E-state index contributed by atoms with van der Waals surface area (Å²) in [6, 6.07) is 48.3. The summed E-state index contributed by atoms with van der Waals surface area (Å²) in [6.07, 6.45) is 2.02. The number of hydrogen-bond acceptors (Lipinski definition) is 1. The van der Waals surface area contributed by atoms with E-state index in [-0.39, 0.29) is 0 Å². The van der Waals surface area contributed by atoms with Crippen LogP contribution < -0.4 is 0 Å². The van der Waals surface area contributed by atoms with Crippen molar-refractivity contribution in [1.29, 1.82) is 0 Å². The lowest BCUT2D eigenvalue weighted by Crippen LogP contribution is -1.97. The largest absolute Gasteiger partial charge is 0.309 e. The summed E-state index contributed by atoms with van der Waals surface area (Å²) in [4.78, 5) is 4.94. The number of hydrogen-bond donors (Lipinski definition) is 0. The van der Waals surface area contributed by atoms with Crippen LogP contribution in [-0.4, -0.2) is 14.0 Å². The summed E-state index contributed by atoms with van der Waals surface area (Å²) < 4.78 is 4.70. The van der Waals surface area contributed by atoms with Crippen molar-refractivity contribution in [3.05, 3.63) is 151 Å². The lowest BCUT2D eigenvalue weighted by molar-refractivity contribution is 1.17. The summed E-state index contributed by atoms with van der Waals surface area (Å²) in [5.74, 6) is 0. The van der Waals surface area contributed by atoms with Crippen LogP contribution in [0.1, 0.15) is 11.1 Å². The zero-order chi connectivity index (χ0) is 29.4. The molecular formula is C41H29N3. The number of para-hydroxylation sites is 3. The van der Waals surface area contributed by atoms with E-state index < -0.39 is 0 Å². The maximum Gasteiger partial charge on any atom is 0.145 e. The molecule has 9 rings (SSSR count). The molecule has 0 spiro atoms. The van der Waals surface area contributed by atoms with E-state index in [0.29, 0.717) is 0 Å². The number of aromatic nitrogens is 3. The van der Waals surface area contributed by atoms with Gasteiger partial charge in [0, 0.05) is 32.8 Å². The van der Waals surface area contributed by atoms with Crippen molar-refractivity contribution in [3.63, 3.8) is 0 Å². The number of rotatable bonds is 3. The molecule has 0 fully saturated rings. The van der Waals surface area contributed by atoms with Crippen molar-refractivity contribution in [1.82, 2.24) is 14.0 Å². The van der Waals surface area contributed by atoms with Crippen molar-refractivity contribution in [2.24, 2.45) is 0 Å².